The predicted molar refractivity (Wildman–Crippen MR) is 93.5 cm³/mol. The van der Waals surface area contributed by atoms with Crippen molar-refractivity contribution in [1.29, 1.82) is 0 Å². The van der Waals surface area contributed by atoms with E-state index in [0.717, 1.165) is 11.6 Å². The monoisotopic (exact) mass is 333 g/mol. The molecule has 0 N–H and O–H groups in total. The molecule has 3 aromatic rings. The summed E-state index contributed by atoms with van der Waals surface area (Å²) >= 11 is 10.3. The van der Waals surface area contributed by atoms with Crippen LogP contribution in [0.1, 0.15) is 28.6 Å². The minimum absolute atomic E-state index is 0.575. The third-order valence-corrected chi connectivity index (χ3v) is 6.86. The molecule has 1 aliphatic heterocycles. The molecule has 0 spiro atoms. The fourth-order valence-corrected chi connectivity index (χ4v) is 5.58. The second-order valence-corrected chi connectivity index (χ2v) is 7.97. The minimum atomic E-state index is 0.575. The normalized spacial score (nSPS) is 19.6. The van der Waals surface area contributed by atoms with Crippen molar-refractivity contribution < 1.29 is 0 Å². The van der Waals surface area contributed by atoms with Gasteiger partial charge in [-0.3, -0.25) is 4.90 Å². The Morgan fingerprint density at radius 2 is 2.10 bits per heavy atom. The lowest BCUT2D eigenvalue weighted by molar-refractivity contribution is 0.254. The molecule has 1 atom stereocenters. The van der Waals surface area contributed by atoms with Crippen molar-refractivity contribution in [3.63, 3.8) is 0 Å². The fourth-order valence-electron chi connectivity index (χ4n) is 3.17. The van der Waals surface area contributed by atoms with Gasteiger partial charge in [0, 0.05) is 32.4 Å². The number of hydrogen-bond donors (Lipinski definition) is 0. The lowest BCUT2D eigenvalue weighted by Gasteiger charge is -2.23. The minimum Gasteiger partial charge on any atom is -0.290 e. The van der Waals surface area contributed by atoms with Crippen molar-refractivity contribution in [3.05, 3.63) is 56.6 Å². The molecule has 1 aromatic carbocycles. The zero-order chi connectivity index (χ0) is 14.2. The molecular weight excluding hydrogens is 318 g/mol. The summed E-state index contributed by atoms with van der Waals surface area (Å²) in [7, 11) is 0. The van der Waals surface area contributed by atoms with E-state index >= 15 is 0 Å². The Bertz CT molecular complexity index is 747. The van der Waals surface area contributed by atoms with Gasteiger partial charge in [0.1, 0.15) is 0 Å². The van der Waals surface area contributed by atoms with E-state index in [1.165, 1.54) is 39.2 Å². The third-order valence-electron chi connectivity index (χ3n) is 4.18. The van der Waals surface area contributed by atoms with Gasteiger partial charge in [0.05, 0.1) is 5.02 Å². The van der Waals surface area contributed by atoms with Gasteiger partial charge in [-0.1, -0.05) is 35.9 Å². The molecular formula is C17H16ClNS2. The molecule has 0 aliphatic carbocycles. The number of thiophene rings is 2. The molecule has 1 saturated heterocycles. The largest absolute Gasteiger partial charge is 0.290 e. The van der Waals surface area contributed by atoms with Crippen LogP contribution in [0.25, 0.3) is 10.1 Å². The first-order valence-corrected chi connectivity index (χ1v) is 9.33. The molecule has 1 fully saturated rings. The van der Waals surface area contributed by atoms with Crippen molar-refractivity contribution in [3.8, 4) is 0 Å². The average Bonchev–Trinajstić information content (AvgIpc) is 3.21. The van der Waals surface area contributed by atoms with Crippen molar-refractivity contribution in [2.75, 3.05) is 6.54 Å². The van der Waals surface area contributed by atoms with Crippen LogP contribution in [-0.4, -0.2) is 11.4 Å². The second-order valence-electron chi connectivity index (χ2n) is 5.48. The summed E-state index contributed by atoms with van der Waals surface area (Å²) in [5, 5.41) is 4.33. The summed E-state index contributed by atoms with van der Waals surface area (Å²) in [5.74, 6) is 0. The van der Waals surface area contributed by atoms with E-state index in [2.05, 4.69) is 46.7 Å². The molecule has 0 amide bonds. The van der Waals surface area contributed by atoms with E-state index in [0.29, 0.717) is 6.04 Å². The maximum atomic E-state index is 6.59. The average molecular weight is 334 g/mol. The Hall–Kier alpha value is -0.870. The van der Waals surface area contributed by atoms with Gasteiger partial charge in [-0.15, -0.1) is 22.7 Å². The molecule has 0 bridgehead atoms. The summed E-state index contributed by atoms with van der Waals surface area (Å²) in [6.45, 7) is 2.15. The molecule has 21 heavy (non-hydrogen) atoms. The highest BCUT2D eigenvalue weighted by Gasteiger charge is 2.27. The number of likely N-dealkylation sites (tertiary alicyclic amines) is 1. The first-order chi connectivity index (χ1) is 10.3. The maximum absolute atomic E-state index is 6.59. The molecule has 0 saturated carbocycles. The number of rotatable bonds is 3. The fraction of sp³-hybridized carbons (Fsp3) is 0.294. The first kappa shape index (κ1) is 13.8. The Balaban J connectivity index is 1.63. The second kappa shape index (κ2) is 5.73. The highest BCUT2D eigenvalue weighted by atomic mass is 35.5. The van der Waals surface area contributed by atoms with E-state index in [1.54, 1.807) is 0 Å². The lowest BCUT2D eigenvalue weighted by Crippen LogP contribution is -2.21. The number of hydrogen-bond acceptors (Lipinski definition) is 3. The summed E-state index contributed by atoms with van der Waals surface area (Å²) in [4.78, 5) is 5.38. The molecule has 0 radical (unpaired) electrons. The summed E-state index contributed by atoms with van der Waals surface area (Å²) in [5.41, 5.74) is 0. The van der Waals surface area contributed by atoms with Crippen LogP contribution in [0, 0.1) is 0 Å². The molecule has 4 rings (SSSR count). The van der Waals surface area contributed by atoms with Crippen LogP contribution in [0.5, 0.6) is 0 Å². The Morgan fingerprint density at radius 1 is 1.19 bits per heavy atom. The SMILES string of the molecule is Clc1c(CN2CCC[C@H]2c2cccs2)sc2ccccc12. The Morgan fingerprint density at radius 3 is 2.90 bits per heavy atom. The van der Waals surface area contributed by atoms with Gasteiger partial charge in [-0.25, -0.2) is 0 Å². The predicted octanol–water partition coefficient (Wildman–Crippen LogP) is 5.95. The van der Waals surface area contributed by atoms with Crippen LogP contribution in [0.15, 0.2) is 41.8 Å². The number of halogens is 1. The molecule has 4 heteroatoms. The number of nitrogens with zero attached hydrogens (tertiary/aromatic N) is 1. The van der Waals surface area contributed by atoms with Crippen molar-refractivity contribution in [2.45, 2.75) is 25.4 Å². The summed E-state index contributed by atoms with van der Waals surface area (Å²) in [6, 6.07) is 13.4. The van der Waals surface area contributed by atoms with E-state index in [4.69, 9.17) is 11.6 Å². The summed E-state index contributed by atoms with van der Waals surface area (Å²) < 4.78 is 1.30. The smallest absolute Gasteiger partial charge is 0.0637 e. The maximum Gasteiger partial charge on any atom is 0.0637 e. The highest BCUT2D eigenvalue weighted by molar-refractivity contribution is 7.19. The van der Waals surface area contributed by atoms with Gasteiger partial charge < -0.3 is 0 Å². The van der Waals surface area contributed by atoms with Crippen LogP contribution in [-0.2, 0) is 6.54 Å². The molecule has 1 nitrogen and oxygen atoms in total. The van der Waals surface area contributed by atoms with Crippen LogP contribution in [0.3, 0.4) is 0 Å². The van der Waals surface area contributed by atoms with Crippen molar-refractivity contribution in [1.82, 2.24) is 4.90 Å². The van der Waals surface area contributed by atoms with E-state index in [9.17, 15) is 0 Å². The van der Waals surface area contributed by atoms with Gasteiger partial charge in [0.25, 0.3) is 0 Å². The van der Waals surface area contributed by atoms with Crippen molar-refractivity contribution in [2.24, 2.45) is 0 Å². The molecule has 1 aliphatic rings. The van der Waals surface area contributed by atoms with Crippen LogP contribution in [0.2, 0.25) is 5.02 Å². The lowest BCUT2D eigenvalue weighted by atomic mass is 10.2. The van der Waals surface area contributed by atoms with Crippen LogP contribution < -0.4 is 0 Å². The van der Waals surface area contributed by atoms with E-state index in [-0.39, 0.29) is 0 Å². The Labute approximate surface area is 137 Å². The number of benzene rings is 1. The first-order valence-electron chi connectivity index (χ1n) is 7.26. The molecule has 0 unspecified atom stereocenters. The van der Waals surface area contributed by atoms with Crippen LogP contribution >= 0.6 is 34.3 Å². The Kier molecular flexibility index (Phi) is 3.76. The molecule has 2 aromatic heterocycles. The van der Waals surface area contributed by atoms with Gasteiger partial charge in [0.15, 0.2) is 0 Å². The van der Waals surface area contributed by atoms with E-state index < -0.39 is 0 Å². The quantitative estimate of drug-likeness (QED) is 0.572. The van der Waals surface area contributed by atoms with Gasteiger partial charge in [-0.2, -0.15) is 0 Å². The third kappa shape index (κ3) is 2.53. The number of fused-ring (bicyclic) bond motifs is 1. The standard InChI is InChI=1S/C17H16ClNS2/c18-17-12-5-1-2-7-14(12)21-16(17)11-19-9-3-6-13(19)15-8-4-10-20-15/h1-2,4-5,7-8,10,13H,3,6,9,11H2/t13-/m0/s1. The topological polar surface area (TPSA) is 3.24 Å². The highest BCUT2D eigenvalue weighted by Crippen LogP contribution is 2.40. The van der Waals surface area contributed by atoms with Crippen molar-refractivity contribution >= 4 is 44.4 Å². The van der Waals surface area contributed by atoms with Gasteiger partial charge >= 0.3 is 0 Å². The zero-order valence-electron chi connectivity index (χ0n) is 11.6. The van der Waals surface area contributed by atoms with Gasteiger partial charge in [-0.05, 0) is 36.9 Å². The van der Waals surface area contributed by atoms with Crippen LogP contribution in [0.4, 0.5) is 0 Å². The molecule has 108 valence electrons. The zero-order valence-corrected chi connectivity index (χ0v) is 14.0. The molecule has 3 heterocycles. The summed E-state index contributed by atoms with van der Waals surface area (Å²) in [6.07, 6.45) is 2.55. The van der Waals surface area contributed by atoms with E-state index in [1.807, 2.05) is 22.7 Å². The van der Waals surface area contributed by atoms with Gasteiger partial charge in [0.2, 0.25) is 0 Å².